The van der Waals surface area contributed by atoms with E-state index in [1.165, 1.54) is 10.9 Å². The molecule has 20 heteroatoms. The Morgan fingerprint density at radius 2 is 1.90 bits per heavy atom. The molecule has 212 valence electrons. The van der Waals surface area contributed by atoms with Crippen LogP contribution in [0.1, 0.15) is 18.9 Å². The van der Waals surface area contributed by atoms with Crippen molar-refractivity contribution in [2.45, 2.75) is 55.0 Å². The topological polar surface area (TPSA) is 293 Å². The lowest BCUT2D eigenvalue weighted by molar-refractivity contribution is -0.234. The first-order chi connectivity index (χ1) is 18.3. The molecule has 0 bridgehead atoms. The van der Waals surface area contributed by atoms with Gasteiger partial charge >= 0.3 is 5.69 Å². The highest BCUT2D eigenvalue weighted by molar-refractivity contribution is 7.44. The second kappa shape index (κ2) is 9.82. The average molecular weight is 572 g/mol. The number of rotatable bonds is 7. The lowest BCUT2D eigenvalue weighted by atomic mass is 9.88. The summed E-state index contributed by atoms with van der Waals surface area (Å²) in [4.78, 5) is 58.7. The van der Waals surface area contributed by atoms with E-state index in [4.69, 9.17) is 15.2 Å². The number of phosphoric acid groups is 1. The second-order valence-electron chi connectivity index (χ2n) is 9.07. The summed E-state index contributed by atoms with van der Waals surface area (Å²) in [7, 11) is -5.58. The van der Waals surface area contributed by atoms with Crippen LogP contribution in [0.4, 0.5) is 5.82 Å². The number of aliphatic hydroxyl groups excluding tert-OH is 4. The summed E-state index contributed by atoms with van der Waals surface area (Å²) >= 11 is 0. The summed E-state index contributed by atoms with van der Waals surface area (Å²) in [5.41, 5.74) is 2.09. The van der Waals surface area contributed by atoms with Crippen LogP contribution < -0.4 is 21.9 Å². The second-order valence-corrected chi connectivity index (χ2v) is 10.2. The predicted octanol–water partition coefficient (Wildman–Crippen LogP) is -4.57. The number of fused-ring (bicyclic) bond motifs is 1. The zero-order chi connectivity index (χ0) is 28.3. The third-order valence-electron chi connectivity index (χ3n) is 6.66. The minimum Gasteiger partial charge on any atom is -0.756 e. The summed E-state index contributed by atoms with van der Waals surface area (Å²) < 4.78 is 29.9. The van der Waals surface area contributed by atoms with Crippen molar-refractivity contribution in [3.63, 3.8) is 0 Å². The van der Waals surface area contributed by atoms with Crippen LogP contribution >= 0.6 is 7.82 Å². The number of aromatic nitrogens is 6. The van der Waals surface area contributed by atoms with E-state index in [9.17, 15) is 44.4 Å². The van der Waals surface area contributed by atoms with Crippen molar-refractivity contribution in [1.82, 2.24) is 29.1 Å². The monoisotopic (exact) mass is 572 g/mol. The van der Waals surface area contributed by atoms with Crippen LogP contribution in [0.5, 0.6) is 0 Å². The molecule has 3 aromatic rings. The lowest BCUT2D eigenvalue weighted by Crippen LogP contribution is -2.51. The number of nitrogen functional groups attached to an aromatic ring is 1. The van der Waals surface area contributed by atoms with Gasteiger partial charge in [-0.15, -0.1) is 0 Å². The molecule has 0 aliphatic carbocycles. The molecule has 5 rings (SSSR count). The molecular formula is C19H23N7O12P-. The van der Waals surface area contributed by atoms with Gasteiger partial charge in [0.05, 0.1) is 19.0 Å². The Balaban J connectivity index is 1.49. The number of H-pyrrole nitrogens is 1. The van der Waals surface area contributed by atoms with E-state index in [-0.39, 0.29) is 17.0 Å². The van der Waals surface area contributed by atoms with Gasteiger partial charge in [-0.1, -0.05) is 0 Å². The summed E-state index contributed by atoms with van der Waals surface area (Å²) in [6.45, 7) is -1.07. The molecule has 2 saturated heterocycles. The zero-order valence-corrected chi connectivity index (χ0v) is 20.5. The zero-order valence-electron chi connectivity index (χ0n) is 19.6. The highest BCUT2D eigenvalue weighted by Gasteiger charge is 2.60. The molecule has 2 aliphatic rings. The van der Waals surface area contributed by atoms with E-state index in [0.29, 0.717) is 4.57 Å². The number of hydrogen-bond donors (Lipinski definition) is 7. The van der Waals surface area contributed by atoms with Gasteiger partial charge in [0.1, 0.15) is 41.9 Å². The van der Waals surface area contributed by atoms with Crippen LogP contribution in [0.3, 0.4) is 0 Å². The van der Waals surface area contributed by atoms with Crippen LogP contribution in [-0.4, -0.2) is 97.1 Å². The molecular weight excluding hydrogens is 549 g/mol. The highest BCUT2D eigenvalue weighted by Crippen LogP contribution is 2.49. The number of ether oxygens (including phenoxy) is 2. The van der Waals surface area contributed by atoms with Gasteiger partial charge in [-0.25, -0.2) is 19.7 Å². The van der Waals surface area contributed by atoms with Crippen molar-refractivity contribution in [3.8, 4) is 0 Å². The minimum absolute atomic E-state index is 0.0467. The first kappa shape index (κ1) is 27.5. The molecule has 0 aromatic carbocycles. The molecule has 19 nitrogen and oxygen atoms in total. The Labute approximate surface area is 216 Å². The van der Waals surface area contributed by atoms with Crippen LogP contribution in [0.15, 0.2) is 34.5 Å². The van der Waals surface area contributed by atoms with E-state index in [1.807, 2.05) is 4.98 Å². The first-order valence-electron chi connectivity index (χ1n) is 11.3. The number of nitrogens with one attached hydrogen (secondary N) is 1. The molecule has 0 saturated carbocycles. The number of aromatic amines is 1. The predicted molar refractivity (Wildman–Crippen MR) is 122 cm³/mol. The molecule has 0 spiro atoms. The Bertz CT molecular complexity index is 1540. The van der Waals surface area contributed by atoms with Gasteiger partial charge in [0.2, 0.25) is 0 Å². The Morgan fingerprint density at radius 1 is 1.15 bits per heavy atom. The molecule has 5 heterocycles. The normalized spacial score (nSPS) is 34.5. The van der Waals surface area contributed by atoms with Crippen LogP contribution in [0.2, 0.25) is 0 Å². The average Bonchev–Trinajstić information content (AvgIpc) is 3.49. The first-order valence-corrected chi connectivity index (χ1v) is 12.8. The van der Waals surface area contributed by atoms with E-state index in [2.05, 4.69) is 19.5 Å². The third-order valence-corrected chi connectivity index (χ3v) is 7.15. The summed E-state index contributed by atoms with van der Waals surface area (Å²) in [5, 5.41) is 42.8. The maximum atomic E-state index is 12.3. The molecule has 9 atom stereocenters. The number of aliphatic hydroxyl groups is 4. The maximum Gasteiger partial charge on any atom is 0.330 e. The fourth-order valence-corrected chi connectivity index (χ4v) is 5.47. The molecule has 2 aliphatic heterocycles. The number of nitrogens with two attached hydrogens (primary N) is 1. The lowest BCUT2D eigenvalue weighted by Gasteiger charge is -2.36. The van der Waals surface area contributed by atoms with Crippen LogP contribution in [-0.2, 0) is 18.6 Å². The Morgan fingerprint density at radius 3 is 2.56 bits per heavy atom. The largest absolute Gasteiger partial charge is 0.756 e. The van der Waals surface area contributed by atoms with Gasteiger partial charge in [0.15, 0.2) is 23.9 Å². The maximum absolute atomic E-state index is 12.3. The smallest absolute Gasteiger partial charge is 0.330 e. The Kier molecular flexibility index (Phi) is 6.92. The number of anilines is 1. The molecule has 3 aromatic heterocycles. The summed E-state index contributed by atoms with van der Waals surface area (Å²) in [6, 6.07) is 0.924. The van der Waals surface area contributed by atoms with E-state index < -0.39 is 80.7 Å². The van der Waals surface area contributed by atoms with Crippen molar-refractivity contribution >= 4 is 24.8 Å². The number of imidazole rings is 1. The van der Waals surface area contributed by atoms with Crippen molar-refractivity contribution < 1.29 is 48.8 Å². The molecule has 8 N–H and O–H groups in total. The number of hydrogen-bond acceptors (Lipinski definition) is 15. The fraction of sp³-hybridized carbons (Fsp3) is 0.526. The standard InChI is InChI=1S/C19H24N7O12P/c20-14-9-15(22-5-21-14)26(6-23-9)16-11(30)10(29)7(36-16)3-19(4-27)13(38-39(33,34)35)12(31)17(37-19)25-2-1-8(28)24-18(25)32/h1-2,5-7,10-13,16-17,27,29-31H,3-4H2,(H2,20,21,22)(H,24,28,32)(H2,33,34,35)/p-1. The van der Waals surface area contributed by atoms with E-state index in [1.54, 1.807) is 0 Å². The van der Waals surface area contributed by atoms with Gasteiger partial charge < -0.3 is 49.9 Å². The Hall–Kier alpha value is -3.10. The molecule has 0 radical (unpaired) electrons. The van der Waals surface area contributed by atoms with Crippen LogP contribution in [0.25, 0.3) is 11.2 Å². The van der Waals surface area contributed by atoms with Crippen molar-refractivity contribution in [3.05, 3.63) is 45.8 Å². The summed E-state index contributed by atoms with van der Waals surface area (Å²) in [6.07, 6.45) is -9.03. The quantitative estimate of drug-likeness (QED) is 0.131. The van der Waals surface area contributed by atoms with E-state index >= 15 is 0 Å². The minimum atomic E-state index is -5.58. The van der Waals surface area contributed by atoms with Gasteiger partial charge in [-0.05, 0) is 0 Å². The van der Waals surface area contributed by atoms with Gasteiger partial charge in [-0.3, -0.25) is 23.5 Å². The van der Waals surface area contributed by atoms with Gasteiger partial charge in [0, 0.05) is 18.7 Å². The number of phosphoric ester groups is 1. The van der Waals surface area contributed by atoms with Gasteiger partial charge in [-0.2, -0.15) is 0 Å². The molecule has 2 fully saturated rings. The number of nitrogens with zero attached hydrogens (tertiary/aromatic N) is 5. The molecule has 0 amide bonds. The van der Waals surface area contributed by atoms with Crippen LogP contribution in [0, 0.1) is 0 Å². The van der Waals surface area contributed by atoms with Gasteiger partial charge in [0.25, 0.3) is 13.4 Å². The highest BCUT2D eigenvalue weighted by atomic mass is 31.2. The van der Waals surface area contributed by atoms with Crippen molar-refractivity contribution in [2.24, 2.45) is 0 Å². The fourth-order valence-electron chi connectivity index (χ4n) is 4.87. The van der Waals surface area contributed by atoms with E-state index in [0.717, 1.165) is 18.6 Å². The third kappa shape index (κ3) is 4.78. The van der Waals surface area contributed by atoms with Crippen molar-refractivity contribution in [1.29, 1.82) is 0 Å². The van der Waals surface area contributed by atoms with Crippen molar-refractivity contribution in [2.75, 3.05) is 12.3 Å². The molecule has 39 heavy (non-hydrogen) atoms. The molecule has 9 unspecified atom stereocenters. The SMILES string of the molecule is Nc1ncnc2c1ncn2C1OC(CC2(CO)OC(n3ccc(=O)[nH]c3=O)C(O)C2OP(=O)([O-])O)C(O)C1O. The summed E-state index contributed by atoms with van der Waals surface area (Å²) in [5.74, 6) is 0.0467.